The van der Waals surface area contributed by atoms with Gasteiger partial charge in [0.2, 0.25) is 0 Å². The van der Waals surface area contributed by atoms with Crippen molar-refractivity contribution in [2.24, 2.45) is 0 Å². The van der Waals surface area contributed by atoms with E-state index in [4.69, 9.17) is 14.2 Å². The van der Waals surface area contributed by atoms with E-state index in [0.29, 0.717) is 19.3 Å². The molecule has 0 bridgehead atoms. The summed E-state index contributed by atoms with van der Waals surface area (Å²) in [5.41, 5.74) is 0. The lowest BCUT2D eigenvalue weighted by atomic mass is 10.0. The first kappa shape index (κ1) is 68.9. The van der Waals surface area contributed by atoms with Gasteiger partial charge in [0.25, 0.3) is 0 Å². The number of carbonyl (C=O) groups excluding carboxylic acids is 3. The third-order valence-corrected chi connectivity index (χ3v) is 14.5. The number of unbranched alkanes of at least 4 members (excludes halogenated alkanes) is 44. The zero-order valence-electron chi connectivity index (χ0n) is 48.0. The Labute approximate surface area is 443 Å². The maximum absolute atomic E-state index is 12.9. The van der Waals surface area contributed by atoms with Crippen molar-refractivity contribution in [3.8, 4) is 0 Å². The van der Waals surface area contributed by atoms with Crippen LogP contribution in [0, 0.1) is 0 Å². The Morgan fingerprint density at radius 2 is 0.507 bits per heavy atom. The second kappa shape index (κ2) is 60.4. The topological polar surface area (TPSA) is 78.9 Å². The molecule has 0 amide bonds. The lowest BCUT2D eigenvalue weighted by molar-refractivity contribution is -0.167. The number of hydrogen-bond acceptors (Lipinski definition) is 6. The van der Waals surface area contributed by atoms with E-state index in [1.54, 1.807) is 0 Å². The van der Waals surface area contributed by atoms with Gasteiger partial charge in [-0.2, -0.15) is 0 Å². The van der Waals surface area contributed by atoms with Gasteiger partial charge in [-0.3, -0.25) is 14.4 Å². The molecule has 0 aromatic heterocycles. The standard InChI is InChI=1S/C65H122O6/c1-4-7-10-13-16-19-22-25-28-30-32-34-35-37-40-43-46-49-52-55-58-64(67)70-61-62(60-69-63(66)57-54-51-48-45-42-39-27-24-21-18-15-12-9-6-3)71-65(68)59-56-53-50-47-44-41-38-36-33-31-29-26-23-20-17-14-11-8-5-2/h17,20,26,29,62H,4-16,18-19,21-25,27-28,30-61H2,1-3H3/b20-17-,29-26-. The predicted octanol–water partition coefficient (Wildman–Crippen LogP) is 21.4. The molecule has 0 fully saturated rings. The fraction of sp³-hybridized carbons (Fsp3) is 0.892. The van der Waals surface area contributed by atoms with Gasteiger partial charge in [-0.15, -0.1) is 0 Å². The van der Waals surface area contributed by atoms with Crippen LogP contribution in [-0.4, -0.2) is 37.2 Å². The monoisotopic (exact) mass is 999 g/mol. The lowest BCUT2D eigenvalue weighted by Crippen LogP contribution is -2.30. The summed E-state index contributed by atoms with van der Waals surface area (Å²) in [5, 5.41) is 0. The van der Waals surface area contributed by atoms with E-state index in [1.807, 2.05) is 0 Å². The Kier molecular flexibility index (Phi) is 58.6. The first-order valence-electron chi connectivity index (χ1n) is 31.8. The minimum absolute atomic E-state index is 0.0667. The van der Waals surface area contributed by atoms with Crippen molar-refractivity contribution < 1.29 is 28.6 Å². The lowest BCUT2D eigenvalue weighted by Gasteiger charge is -2.18. The third-order valence-electron chi connectivity index (χ3n) is 14.5. The van der Waals surface area contributed by atoms with Gasteiger partial charge in [0.15, 0.2) is 6.10 Å². The largest absolute Gasteiger partial charge is 0.462 e. The summed E-state index contributed by atoms with van der Waals surface area (Å²) in [5.74, 6) is -0.843. The summed E-state index contributed by atoms with van der Waals surface area (Å²) in [4.78, 5) is 38.3. The van der Waals surface area contributed by atoms with Crippen LogP contribution in [-0.2, 0) is 28.6 Å². The molecular weight excluding hydrogens is 877 g/mol. The Hall–Kier alpha value is -2.11. The molecular formula is C65H122O6. The number of esters is 3. The highest BCUT2D eigenvalue weighted by Crippen LogP contribution is 2.18. The predicted molar refractivity (Wildman–Crippen MR) is 307 cm³/mol. The van der Waals surface area contributed by atoms with Gasteiger partial charge in [0.05, 0.1) is 0 Å². The summed E-state index contributed by atoms with van der Waals surface area (Å²) in [6.45, 7) is 6.68. The Morgan fingerprint density at radius 3 is 0.803 bits per heavy atom. The summed E-state index contributed by atoms with van der Waals surface area (Å²) < 4.78 is 16.9. The van der Waals surface area contributed by atoms with Gasteiger partial charge in [-0.25, -0.2) is 0 Å². The van der Waals surface area contributed by atoms with Crippen LogP contribution in [0.1, 0.15) is 355 Å². The van der Waals surface area contributed by atoms with E-state index in [9.17, 15) is 14.4 Å². The van der Waals surface area contributed by atoms with Gasteiger partial charge in [-0.05, 0) is 51.4 Å². The molecule has 0 radical (unpaired) electrons. The molecule has 0 N–H and O–H groups in total. The van der Waals surface area contributed by atoms with Crippen LogP contribution in [0.3, 0.4) is 0 Å². The van der Waals surface area contributed by atoms with Crippen LogP contribution in [0.25, 0.3) is 0 Å². The number of ether oxygens (including phenoxy) is 3. The summed E-state index contributed by atoms with van der Waals surface area (Å²) in [6.07, 6.45) is 71.8. The number of rotatable bonds is 59. The normalized spacial score (nSPS) is 12.1. The highest BCUT2D eigenvalue weighted by Gasteiger charge is 2.19. The fourth-order valence-corrected chi connectivity index (χ4v) is 9.65. The van der Waals surface area contributed by atoms with Crippen LogP contribution in [0.5, 0.6) is 0 Å². The van der Waals surface area contributed by atoms with Crippen molar-refractivity contribution in [1.29, 1.82) is 0 Å². The smallest absolute Gasteiger partial charge is 0.306 e. The van der Waals surface area contributed by atoms with Crippen molar-refractivity contribution in [1.82, 2.24) is 0 Å². The number of carbonyl (C=O) groups is 3. The van der Waals surface area contributed by atoms with Gasteiger partial charge in [-0.1, -0.05) is 308 Å². The molecule has 1 atom stereocenters. The van der Waals surface area contributed by atoms with Crippen LogP contribution >= 0.6 is 0 Å². The van der Waals surface area contributed by atoms with E-state index in [0.717, 1.165) is 64.2 Å². The van der Waals surface area contributed by atoms with Crippen LogP contribution < -0.4 is 0 Å². The molecule has 0 aliphatic heterocycles. The molecule has 0 heterocycles. The minimum Gasteiger partial charge on any atom is -0.462 e. The molecule has 0 saturated heterocycles. The first-order valence-corrected chi connectivity index (χ1v) is 31.8. The molecule has 6 heteroatoms. The Balaban J connectivity index is 4.29. The average Bonchev–Trinajstić information content (AvgIpc) is 3.37. The second-order valence-corrected chi connectivity index (χ2v) is 21.7. The summed E-state index contributed by atoms with van der Waals surface area (Å²) in [7, 11) is 0. The number of hydrogen-bond donors (Lipinski definition) is 0. The van der Waals surface area contributed by atoms with Gasteiger partial charge < -0.3 is 14.2 Å². The quantitative estimate of drug-likeness (QED) is 0.0261. The van der Waals surface area contributed by atoms with Gasteiger partial charge in [0.1, 0.15) is 13.2 Å². The molecule has 418 valence electrons. The SMILES string of the molecule is CCCCC/C=C\C/C=C\CCCCCCCCCCCC(=O)OC(COC(=O)CCCCCCCCCCCCCCCC)COC(=O)CCCCCCCCCCCCCCCCCCCCCC. The average molecular weight is 1000 g/mol. The van der Waals surface area contributed by atoms with E-state index in [2.05, 4.69) is 45.1 Å². The zero-order chi connectivity index (χ0) is 51.4. The summed E-state index contributed by atoms with van der Waals surface area (Å²) >= 11 is 0. The first-order chi connectivity index (χ1) is 35.0. The molecule has 1 unspecified atom stereocenters. The molecule has 0 aliphatic carbocycles. The Bertz CT molecular complexity index is 1150. The van der Waals surface area contributed by atoms with E-state index >= 15 is 0 Å². The molecule has 0 rings (SSSR count). The molecule has 0 saturated carbocycles. The second-order valence-electron chi connectivity index (χ2n) is 21.7. The van der Waals surface area contributed by atoms with E-state index in [1.165, 1.54) is 250 Å². The molecule has 71 heavy (non-hydrogen) atoms. The molecule has 0 aromatic carbocycles. The van der Waals surface area contributed by atoms with Crippen LogP contribution in [0.4, 0.5) is 0 Å². The molecule has 0 spiro atoms. The van der Waals surface area contributed by atoms with Crippen LogP contribution in [0.15, 0.2) is 24.3 Å². The van der Waals surface area contributed by atoms with Gasteiger partial charge in [0, 0.05) is 19.3 Å². The van der Waals surface area contributed by atoms with Gasteiger partial charge >= 0.3 is 17.9 Å². The third kappa shape index (κ3) is 58.7. The summed E-state index contributed by atoms with van der Waals surface area (Å²) in [6, 6.07) is 0. The van der Waals surface area contributed by atoms with E-state index in [-0.39, 0.29) is 31.1 Å². The maximum Gasteiger partial charge on any atom is 0.306 e. The van der Waals surface area contributed by atoms with Crippen LogP contribution in [0.2, 0.25) is 0 Å². The molecule has 6 nitrogen and oxygen atoms in total. The van der Waals surface area contributed by atoms with E-state index < -0.39 is 6.10 Å². The molecule has 0 aliphatic rings. The Morgan fingerprint density at radius 1 is 0.282 bits per heavy atom. The zero-order valence-corrected chi connectivity index (χ0v) is 48.0. The highest BCUT2D eigenvalue weighted by atomic mass is 16.6. The number of allylic oxidation sites excluding steroid dienone is 4. The highest BCUT2D eigenvalue weighted by molar-refractivity contribution is 5.71. The minimum atomic E-state index is -0.769. The van der Waals surface area contributed by atoms with Crippen molar-refractivity contribution in [2.45, 2.75) is 361 Å². The van der Waals surface area contributed by atoms with Crippen molar-refractivity contribution in [2.75, 3.05) is 13.2 Å². The van der Waals surface area contributed by atoms with Crippen molar-refractivity contribution >= 4 is 17.9 Å². The molecule has 0 aromatic rings. The maximum atomic E-state index is 12.9. The van der Waals surface area contributed by atoms with Crippen molar-refractivity contribution in [3.05, 3.63) is 24.3 Å². The fourth-order valence-electron chi connectivity index (χ4n) is 9.65. The van der Waals surface area contributed by atoms with Crippen molar-refractivity contribution in [3.63, 3.8) is 0 Å².